The summed E-state index contributed by atoms with van der Waals surface area (Å²) >= 11 is 7.12. The summed E-state index contributed by atoms with van der Waals surface area (Å²) in [6.07, 6.45) is -4.77. The molecule has 2 aromatic heterocycles. The van der Waals surface area contributed by atoms with Crippen LogP contribution in [0.4, 0.5) is 18.9 Å². The van der Waals surface area contributed by atoms with Crippen molar-refractivity contribution in [3.63, 3.8) is 0 Å². The molecule has 4 rings (SSSR count). The van der Waals surface area contributed by atoms with Gasteiger partial charge in [-0.2, -0.15) is 9.61 Å². The number of ether oxygens (including phenoxy) is 1. The van der Waals surface area contributed by atoms with Crippen LogP contribution in [0.2, 0.25) is 5.02 Å². The summed E-state index contributed by atoms with van der Waals surface area (Å²) in [6, 6.07) is 15.4. The SMILES string of the molecule is O=C(CSc1ccc2nnc(-c3ccc(Cl)cc3)n2n1)Nc1ccc(OC(F)(F)F)cc1. The molecule has 2 aromatic carbocycles. The number of carbonyl (C=O) groups excluding carboxylic acids is 1. The van der Waals surface area contributed by atoms with Crippen molar-refractivity contribution in [1.82, 2.24) is 19.8 Å². The van der Waals surface area contributed by atoms with Crippen LogP contribution in [0.1, 0.15) is 0 Å². The van der Waals surface area contributed by atoms with Gasteiger partial charge in [-0.3, -0.25) is 4.79 Å². The molecule has 0 radical (unpaired) electrons. The number of nitrogens with zero attached hydrogens (tertiary/aromatic N) is 4. The van der Waals surface area contributed by atoms with E-state index in [4.69, 9.17) is 11.6 Å². The molecule has 0 aliphatic rings. The van der Waals surface area contributed by atoms with Crippen LogP contribution in [0.15, 0.2) is 65.7 Å². The number of anilines is 1. The number of thioether (sulfide) groups is 1. The molecule has 1 amide bonds. The van der Waals surface area contributed by atoms with Crippen LogP contribution in [0.3, 0.4) is 0 Å². The number of benzene rings is 2. The first kappa shape index (κ1) is 21.9. The number of hydrogen-bond donors (Lipinski definition) is 1. The lowest BCUT2D eigenvalue weighted by atomic mass is 10.2. The van der Waals surface area contributed by atoms with Gasteiger partial charge in [0, 0.05) is 16.3 Å². The molecule has 0 bridgehead atoms. The van der Waals surface area contributed by atoms with Gasteiger partial charge in [0.15, 0.2) is 11.5 Å². The van der Waals surface area contributed by atoms with Gasteiger partial charge in [-0.1, -0.05) is 23.4 Å². The average molecular weight is 480 g/mol. The first-order valence-electron chi connectivity index (χ1n) is 9.04. The van der Waals surface area contributed by atoms with E-state index < -0.39 is 6.36 Å². The fourth-order valence-corrected chi connectivity index (χ4v) is 3.49. The highest BCUT2D eigenvalue weighted by atomic mass is 35.5. The number of alkyl halides is 3. The molecular formula is C20H13ClF3N5O2S. The first-order valence-corrected chi connectivity index (χ1v) is 10.4. The largest absolute Gasteiger partial charge is 0.573 e. The van der Waals surface area contributed by atoms with E-state index in [9.17, 15) is 18.0 Å². The van der Waals surface area contributed by atoms with Gasteiger partial charge in [0.25, 0.3) is 0 Å². The van der Waals surface area contributed by atoms with Crippen molar-refractivity contribution in [3.05, 3.63) is 65.7 Å². The number of nitrogens with one attached hydrogen (secondary N) is 1. The normalized spacial score (nSPS) is 11.5. The van der Waals surface area contributed by atoms with Crippen LogP contribution in [0, 0.1) is 0 Å². The molecule has 0 atom stereocenters. The summed E-state index contributed by atoms with van der Waals surface area (Å²) in [5.41, 5.74) is 1.68. The molecule has 164 valence electrons. The van der Waals surface area contributed by atoms with Crippen molar-refractivity contribution in [2.45, 2.75) is 11.4 Å². The summed E-state index contributed by atoms with van der Waals surface area (Å²) in [7, 11) is 0. The first-order chi connectivity index (χ1) is 15.3. The van der Waals surface area contributed by atoms with E-state index in [2.05, 4.69) is 25.3 Å². The molecule has 0 saturated carbocycles. The Morgan fingerprint density at radius 2 is 1.75 bits per heavy atom. The van der Waals surface area contributed by atoms with E-state index in [1.165, 1.54) is 23.9 Å². The van der Waals surface area contributed by atoms with Crippen molar-refractivity contribution in [2.75, 3.05) is 11.1 Å². The van der Waals surface area contributed by atoms with Gasteiger partial charge in [-0.25, -0.2) is 0 Å². The molecular weight excluding hydrogens is 467 g/mol. The van der Waals surface area contributed by atoms with Crippen LogP contribution in [0.5, 0.6) is 5.75 Å². The summed E-state index contributed by atoms with van der Waals surface area (Å²) < 4.78 is 42.0. The molecule has 0 aliphatic carbocycles. The average Bonchev–Trinajstić information content (AvgIpc) is 3.16. The topological polar surface area (TPSA) is 81.4 Å². The lowest BCUT2D eigenvalue weighted by molar-refractivity contribution is -0.274. The van der Waals surface area contributed by atoms with Crippen LogP contribution in [-0.2, 0) is 4.79 Å². The Bertz CT molecular complexity index is 1250. The van der Waals surface area contributed by atoms with Crippen molar-refractivity contribution < 1.29 is 22.7 Å². The summed E-state index contributed by atoms with van der Waals surface area (Å²) in [6.45, 7) is 0. The van der Waals surface area contributed by atoms with Gasteiger partial charge < -0.3 is 10.1 Å². The Balaban J connectivity index is 1.40. The number of rotatable bonds is 6. The highest BCUT2D eigenvalue weighted by molar-refractivity contribution is 7.99. The number of hydrogen-bond acceptors (Lipinski definition) is 6. The standard InChI is InChI=1S/C20H13ClF3N5O2S/c21-13-3-1-12(2-4-13)19-27-26-16-9-10-18(28-29(16)19)32-11-17(30)25-14-5-7-15(8-6-14)31-20(22,23)24/h1-10H,11H2,(H,25,30). The third kappa shape index (κ3) is 5.48. The molecule has 0 fully saturated rings. The van der Waals surface area contributed by atoms with Gasteiger partial charge in [0.1, 0.15) is 10.8 Å². The molecule has 4 aromatic rings. The van der Waals surface area contributed by atoms with Crippen molar-refractivity contribution in [1.29, 1.82) is 0 Å². The lowest BCUT2D eigenvalue weighted by Crippen LogP contribution is -2.17. The second kappa shape index (κ2) is 9.05. The molecule has 0 spiro atoms. The number of halogens is 4. The van der Waals surface area contributed by atoms with Crippen LogP contribution < -0.4 is 10.1 Å². The Morgan fingerprint density at radius 3 is 2.44 bits per heavy atom. The number of aromatic nitrogens is 4. The monoisotopic (exact) mass is 479 g/mol. The van der Waals surface area contributed by atoms with E-state index in [1.54, 1.807) is 40.9 Å². The van der Waals surface area contributed by atoms with Gasteiger partial charge in [-0.15, -0.1) is 23.4 Å². The Labute approximate surface area is 188 Å². The third-order valence-electron chi connectivity index (χ3n) is 4.06. The van der Waals surface area contributed by atoms with Crippen LogP contribution >= 0.6 is 23.4 Å². The maximum absolute atomic E-state index is 12.2. The predicted molar refractivity (Wildman–Crippen MR) is 114 cm³/mol. The van der Waals surface area contributed by atoms with Crippen LogP contribution in [-0.4, -0.2) is 37.8 Å². The van der Waals surface area contributed by atoms with Crippen molar-refractivity contribution in [2.24, 2.45) is 0 Å². The second-order valence-electron chi connectivity index (χ2n) is 6.38. The highest BCUT2D eigenvalue weighted by Crippen LogP contribution is 2.25. The zero-order valence-corrected chi connectivity index (χ0v) is 17.6. The van der Waals surface area contributed by atoms with E-state index in [1.807, 2.05) is 0 Å². The van der Waals surface area contributed by atoms with Gasteiger partial charge >= 0.3 is 6.36 Å². The maximum Gasteiger partial charge on any atom is 0.573 e. The minimum absolute atomic E-state index is 0.0394. The number of carbonyl (C=O) groups is 1. The molecule has 7 nitrogen and oxygen atoms in total. The van der Waals surface area contributed by atoms with Crippen molar-refractivity contribution >= 4 is 40.6 Å². The molecule has 32 heavy (non-hydrogen) atoms. The molecule has 0 unspecified atom stereocenters. The quantitative estimate of drug-likeness (QED) is 0.389. The third-order valence-corrected chi connectivity index (χ3v) is 5.24. The fourth-order valence-electron chi connectivity index (χ4n) is 2.70. The second-order valence-corrected chi connectivity index (χ2v) is 7.81. The smallest absolute Gasteiger partial charge is 0.406 e. The van der Waals surface area contributed by atoms with E-state index >= 15 is 0 Å². The minimum Gasteiger partial charge on any atom is -0.406 e. The fraction of sp³-hybridized carbons (Fsp3) is 0.100. The molecule has 2 heterocycles. The molecule has 12 heteroatoms. The van der Waals surface area contributed by atoms with Gasteiger partial charge in [0.2, 0.25) is 5.91 Å². The Kier molecular flexibility index (Phi) is 6.19. The highest BCUT2D eigenvalue weighted by Gasteiger charge is 2.30. The predicted octanol–water partition coefficient (Wildman–Crippen LogP) is 5.07. The Hall–Kier alpha value is -3.31. The van der Waals surface area contributed by atoms with E-state index in [0.717, 1.165) is 17.7 Å². The zero-order valence-electron chi connectivity index (χ0n) is 16.0. The number of amides is 1. The zero-order chi connectivity index (χ0) is 22.7. The van der Waals surface area contributed by atoms with Crippen LogP contribution in [0.25, 0.3) is 17.0 Å². The van der Waals surface area contributed by atoms with Gasteiger partial charge in [-0.05, 0) is 60.7 Å². The van der Waals surface area contributed by atoms with Crippen molar-refractivity contribution in [3.8, 4) is 17.1 Å². The van der Waals surface area contributed by atoms with E-state index in [-0.39, 0.29) is 17.4 Å². The number of fused-ring (bicyclic) bond motifs is 1. The molecule has 0 aliphatic heterocycles. The van der Waals surface area contributed by atoms with E-state index in [0.29, 0.717) is 27.2 Å². The molecule has 0 saturated heterocycles. The summed E-state index contributed by atoms with van der Waals surface area (Å²) in [5.74, 6) is -0.141. The van der Waals surface area contributed by atoms with Gasteiger partial charge in [0.05, 0.1) is 5.75 Å². The molecule has 1 N–H and O–H groups in total. The summed E-state index contributed by atoms with van der Waals surface area (Å²) in [5, 5.41) is 16.5. The maximum atomic E-state index is 12.2. The lowest BCUT2D eigenvalue weighted by Gasteiger charge is -2.10. The minimum atomic E-state index is -4.77. The Morgan fingerprint density at radius 1 is 1.03 bits per heavy atom. The summed E-state index contributed by atoms with van der Waals surface area (Å²) in [4.78, 5) is 12.2.